The van der Waals surface area contributed by atoms with E-state index in [-0.39, 0.29) is 5.91 Å². The number of imidazole rings is 1. The molecule has 0 aliphatic carbocycles. The molecule has 1 aliphatic rings. The number of furan rings is 1. The van der Waals surface area contributed by atoms with Gasteiger partial charge in [-0.25, -0.2) is 9.50 Å². The average Bonchev–Trinajstić information content (AvgIpc) is 3.46. The fourth-order valence-corrected chi connectivity index (χ4v) is 3.04. The van der Waals surface area contributed by atoms with Crippen LogP contribution < -0.4 is 14.8 Å². The van der Waals surface area contributed by atoms with Crippen molar-refractivity contribution < 1.29 is 18.7 Å². The summed E-state index contributed by atoms with van der Waals surface area (Å²) in [5.74, 6) is 2.16. The number of nitrogens with zero attached hydrogens (tertiary/aromatic N) is 3. The largest absolute Gasteiger partial charge is 0.496 e. The van der Waals surface area contributed by atoms with Gasteiger partial charge in [-0.05, 0) is 30.7 Å². The van der Waals surface area contributed by atoms with Crippen LogP contribution in [0.1, 0.15) is 12.8 Å². The first-order valence-electron chi connectivity index (χ1n) is 8.92. The maximum atomic E-state index is 10.1. The van der Waals surface area contributed by atoms with Crippen LogP contribution >= 0.6 is 0 Å². The third-order valence-corrected chi connectivity index (χ3v) is 4.44. The number of hydrogen-bond donors (Lipinski definition) is 1. The SMILES string of the molecule is COc1ccc2ncc(-c3cc4c(OC)cccc4o3)n2n1.O=C1CCCN1. The van der Waals surface area contributed by atoms with Crippen molar-refractivity contribution in [2.24, 2.45) is 0 Å². The summed E-state index contributed by atoms with van der Waals surface area (Å²) in [4.78, 5) is 14.5. The fraction of sp³-hybridized carbons (Fsp3) is 0.250. The fourth-order valence-electron chi connectivity index (χ4n) is 3.04. The van der Waals surface area contributed by atoms with Crippen molar-refractivity contribution in [3.8, 4) is 23.1 Å². The Balaban J connectivity index is 0.000000275. The molecule has 1 aromatic carbocycles. The summed E-state index contributed by atoms with van der Waals surface area (Å²) < 4.78 is 18.1. The van der Waals surface area contributed by atoms with Crippen LogP contribution in [0, 0.1) is 0 Å². The van der Waals surface area contributed by atoms with Crippen LogP contribution in [-0.4, -0.2) is 41.3 Å². The number of carbonyl (C=O) groups is 1. The number of carbonyl (C=O) groups excluding carboxylic acids is 1. The summed E-state index contributed by atoms with van der Waals surface area (Å²) in [5, 5.41) is 7.98. The van der Waals surface area contributed by atoms with Gasteiger partial charge < -0.3 is 19.2 Å². The smallest absolute Gasteiger partial charge is 0.231 e. The van der Waals surface area contributed by atoms with Crippen molar-refractivity contribution in [3.05, 3.63) is 42.6 Å². The van der Waals surface area contributed by atoms with Gasteiger partial charge in [0.2, 0.25) is 11.8 Å². The summed E-state index contributed by atoms with van der Waals surface area (Å²) in [6.07, 6.45) is 3.49. The molecule has 8 nitrogen and oxygen atoms in total. The first kappa shape index (κ1) is 17.8. The van der Waals surface area contributed by atoms with Gasteiger partial charge in [0.15, 0.2) is 11.4 Å². The minimum atomic E-state index is 0.204. The molecule has 0 radical (unpaired) electrons. The molecule has 8 heteroatoms. The van der Waals surface area contributed by atoms with E-state index in [1.54, 1.807) is 31.0 Å². The molecule has 4 aromatic rings. The molecule has 3 aromatic heterocycles. The predicted molar refractivity (Wildman–Crippen MR) is 104 cm³/mol. The first-order valence-corrected chi connectivity index (χ1v) is 8.92. The number of methoxy groups -OCH3 is 2. The standard InChI is InChI=1S/C16H13N3O3.C4H7NO/c1-20-12-4-3-5-13-10(12)8-14(22-13)11-9-17-15-6-7-16(21-2)18-19(11)15;6-4-2-1-3-5-4/h3-9H,1-2H3;1-3H2,(H,5,6). The minimum Gasteiger partial charge on any atom is -0.496 e. The van der Waals surface area contributed by atoms with Gasteiger partial charge in [-0.3, -0.25) is 4.79 Å². The van der Waals surface area contributed by atoms with E-state index < -0.39 is 0 Å². The number of hydrogen-bond acceptors (Lipinski definition) is 6. The van der Waals surface area contributed by atoms with Crippen molar-refractivity contribution in [1.82, 2.24) is 19.9 Å². The molecule has 28 heavy (non-hydrogen) atoms. The highest BCUT2D eigenvalue weighted by molar-refractivity contribution is 5.88. The molecule has 1 fully saturated rings. The van der Waals surface area contributed by atoms with Gasteiger partial charge in [0, 0.05) is 19.0 Å². The van der Waals surface area contributed by atoms with Crippen LogP contribution in [0.3, 0.4) is 0 Å². The van der Waals surface area contributed by atoms with Crippen LogP contribution in [0.5, 0.6) is 11.6 Å². The number of benzene rings is 1. The molecule has 144 valence electrons. The highest BCUT2D eigenvalue weighted by Gasteiger charge is 2.15. The highest BCUT2D eigenvalue weighted by atomic mass is 16.5. The number of aromatic nitrogens is 3. The van der Waals surface area contributed by atoms with E-state index in [4.69, 9.17) is 13.9 Å². The lowest BCUT2D eigenvalue weighted by Gasteiger charge is -2.00. The summed E-state index contributed by atoms with van der Waals surface area (Å²) >= 11 is 0. The second kappa shape index (κ2) is 7.59. The summed E-state index contributed by atoms with van der Waals surface area (Å²) in [6.45, 7) is 0.888. The van der Waals surface area contributed by atoms with Crippen molar-refractivity contribution in [2.45, 2.75) is 12.8 Å². The molecule has 1 saturated heterocycles. The number of amides is 1. The molecule has 0 atom stereocenters. The third kappa shape index (κ3) is 3.36. The zero-order valence-electron chi connectivity index (χ0n) is 15.6. The monoisotopic (exact) mass is 380 g/mol. The molecule has 0 spiro atoms. The van der Waals surface area contributed by atoms with Crippen LogP contribution in [0.25, 0.3) is 28.1 Å². The maximum absolute atomic E-state index is 10.1. The van der Waals surface area contributed by atoms with Gasteiger partial charge in [0.05, 0.1) is 25.8 Å². The van der Waals surface area contributed by atoms with Crippen LogP contribution in [0.2, 0.25) is 0 Å². The molecule has 5 rings (SSSR count). The topological polar surface area (TPSA) is 90.9 Å². The molecule has 0 bridgehead atoms. The van der Waals surface area contributed by atoms with Gasteiger partial charge in [0.1, 0.15) is 17.0 Å². The van der Waals surface area contributed by atoms with Gasteiger partial charge in [0.25, 0.3) is 0 Å². The van der Waals surface area contributed by atoms with Gasteiger partial charge in [-0.15, -0.1) is 5.10 Å². The zero-order chi connectivity index (χ0) is 19.5. The zero-order valence-corrected chi connectivity index (χ0v) is 15.6. The van der Waals surface area contributed by atoms with E-state index in [2.05, 4.69) is 15.4 Å². The van der Waals surface area contributed by atoms with Gasteiger partial charge in [-0.2, -0.15) is 0 Å². The number of rotatable bonds is 3. The van der Waals surface area contributed by atoms with E-state index in [0.717, 1.165) is 47.4 Å². The summed E-state index contributed by atoms with van der Waals surface area (Å²) in [5.41, 5.74) is 2.24. The Hall–Kier alpha value is -3.55. The second-order valence-electron chi connectivity index (χ2n) is 6.23. The first-order chi connectivity index (χ1) is 13.7. The van der Waals surface area contributed by atoms with E-state index in [1.807, 2.05) is 30.3 Å². The maximum Gasteiger partial charge on any atom is 0.231 e. The van der Waals surface area contributed by atoms with E-state index in [0.29, 0.717) is 11.6 Å². The quantitative estimate of drug-likeness (QED) is 0.587. The Morgan fingerprint density at radius 3 is 2.75 bits per heavy atom. The normalized spacial score (nSPS) is 13.3. The Morgan fingerprint density at radius 2 is 2.07 bits per heavy atom. The number of ether oxygens (including phenoxy) is 2. The highest BCUT2D eigenvalue weighted by Crippen LogP contribution is 2.33. The third-order valence-electron chi connectivity index (χ3n) is 4.44. The number of nitrogens with one attached hydrogen (secondary N) is 1. The molecule has 0 unspecified atom stereocenters. The molecule has 1 N–H and O–H groups in total. The lowest BCUT2D eigenvalue weighted by atomic mass is 10.2. The number of fused-ring (bicyclic) bond motifs is 2. The summed E-state index contributed by atoms with van der Waals surface area (Å²) in [7, 11) is 3.22. The van der Waals surface area contributed by atoms with Crippen LogP contribution in [-0.2, 0) is 4.79 Å². The van der Waals surface area contributed by atoms with Gasteiger partial charge >= 0.3 is 0 Å². The predicted octanol–water partition coefficient (Wildman–Crippen LogP) is 3.06. The van der Waals surface area contributed by atoms with Crippen molar-refractivity contribution in [3.63, 3.8) is 0 Å². The van der Waals surface area contributed by atoms with E-state index in [9.17, 15) is 4.79 Å². The second-order valence-corrected chi connectivity index (χ2v) is 6.23. The van der Waals surface area contributed by atoms with Crippen LogP contribution in [0.4, 0.5) is 0 Å². The van der Waals surface area contributed by atoms with Gasteiger partial charge in [-0.1, -0.05) is 6.07 Å². The lowest BCUT2D eigenvalue weighted by molar-refractivity contribution is -0.119. The lowest BCUT2D eigenvalue weighted by Crippen LogP contribution is -2.12. The molecular formula is C20H20N4O4. The van der Waals surface area contributed by atoms with Crippen molar-refractivity contribution in [1.29, 1.82) is 0 Å². The van der Waals surface area contributed by atoms with Crippen LogP contribution in [0.15, 0.2) is 47.0 Å². The Morgan fingerprint density at radius 1 is 1.18 bits per heavy atom. The molecule has 1 amide bonds. The summed E-state index contributed by atoms with van der Waals surface area (Å²) in [6, 6.07) is 11.2. The molecule has 4 heterocycles. The van der Waals surface area contributed by atoms with E-state index in [1.165, 1.54) is 0 Å². The molecule has 1 aliphatic heterocycles. The average molecular weight is 380 g/mol. The van der Waals surface area contributed by atoms with Crippen molar-refractivity contribution in [2.75, 3.05) is 20.8 Å². The molecule has 0 saturated carbocycles. The Bertz CT molecular complexity index is 1120. The van der Waals surface area contributed by atoms with Crippen molar-refractivity contribution >= 4 is 22.5 Å². The minimum absolute atomic E-state index is 0.204. The van der Waals surface area contributed by atoms with E-state index >= 15 is 0 Å². The Kier molecular flexibility index (Phi) is 4.84. The molecular weight excluding hydrogens is 360 g/mol. The Labute approximate surface area is 161 Å².